The van der Waals surface area contributed by atoms with E-state index in [9.17, 15) is 19.5 Å². The van der Waals surface area contributed by atoms with Crippen LogP contribution in [0.25, 0.3) is 0 Å². The largest absolute Gasteiger partial charge is 0.497 e. The number of hydrogen-bond acceptors (Lipinski definition) is 8. The average Bonchev–Trinajstić information content (AvgIpc) is 3.21. The molecule has 2 fully saturated rings. The number of aliphatic hydroxyl groups is 1. The lowest BCUT2D eigenvalue weighted by molar-refractivity contribution is -0.158. The lowest BCUT2D eigenvalue weighted by Crippen LogP contribution is -2.59. The van der Waals surface area contributed by atoms with Gasteiger partial charge < -0.3 is 19.3 Å². The van der Waals surface area contributed by atoms with Crippen molar-refractivity contribution in [1.82, 2.24) is 10.2 Å². The molecule has 3 rings (SSSR count). The predicted molar refractivity (Wildman–Crippen MR) is 101 cm³/mol. The van der Waals surface area contributed by atoms with Gasteiger partial charge in [0, 0.05) is 18.2 Å². The Morgan fingerprint density at radius 1 is 1.21 bits per heavy atom. The van der Waals surface area contributed by atoms with Gasteiger partial charge in [-0.3, -0.25) is 19.8 Å². The van der Waals surface area contributed by atoms with Gasteiger partial charge in [-0.15, -0.1) is 0 Å². The number of likely N-dealkylation sites (tertiary alicyclic amines) is 1. The quantitative estimate of drug-likeness (QED) is 0.490. The Labute approximate surface area is 168 Å². The minimum absolute atomic E-state index is 0.0758. The first-order valence-corrected chi connectivity index (χ1v) is 9.53. The molecule has 0 saturated carbocycles. The Kier molecular flexibility index (Phi) is 5.81. The number of rotatable bonds is 7. The molecule has 2 heterocycles. The number of hydrogen-bond donors (Lipinski definition) is 2. The summed E-state index contributed by atoms with van der Waals surface area (Å²) in [5, 5.41) is 13.3. The first-order chi connectivity index (χ1) is 13.9. The van der Waals surface area contributed by atoms with E-state index in [1.54, 1.807) is 32.0 Å². The maximum absolute atomic E-state index is 13.1. The highest BCUT2D eigenvalue weighted by atomic mass is 16.5. The highest BCUT2D eigenvalue weighted by Crippen LogP contribution is 2.50. The molecule has 2 aliphatic rings. The summed E-state index contributed by atoms with van der Waals surface area (Å²) in [5.74, 6) is -2.64. The number of carbonyl (C=O) groups excluding carboxylic acids is 3. The van der Waals surface area contributed by atoms with Crippen molar-refractivity contribution in [2.45, 2.75) is 25.4 Å². The molecule has 0 unspecified atom stereocenters. The number of ether oxygens (including phenoxy) is 3. The van der Waals surface area contributed by atoms with Crippen LogP contribution in [-0.4, -0.2) is 67.3 Å². The zero-order valence-electron chi connectivity index (χ0n) is 16.9. The van der Waals surface area contributed by atoms with E-state index in [0.29, 0.717) is 17.1 Å². The number of nitrogens with one attached hydrogen (secondary N) is 1. The molecule has 29 heavy (non-hydrogen) atoms. The number of carbonyl (C=O) groups is 3. The molecule has 2 aliphatic heterocycles. The fraction of sp³-hybridized carbons (Fsp3) is 0.550. The second-order valence-corrected chi connectivity index (χ2v) is 7.00. The highest BCUT2D eigenvalue weighted by Gasteiger charge is 2.68. The summed E-state index contributed by atoms with van der Waals surface area (Å²) in [5.41, 5.74) is -1.17. The Morgan fingerprint density at radius 2 is 1.93 bits per heavy atom. The van der Waals surface area contributed by atoms with Gasteiger partial charge in [-0.25, -0.2) is 4.79 Å². The normalized spacial score (nSPS) is 28.4. The summed E-state index contributed by atoms with van der Waals surface area (Å²) in [6, 6.07) is 4.33. The van der Waals surface area contributed by atoms with Gasteiger partial charge in [0.15, 0.2) is 5.54 Å². The minimum atomic E-state index is -1.73. The molecule has 4 atom stereocenters. The molecule has 0 bridgehead atoms. The van der Waals surface area contributed by atoms with Crippen LogP contribution in [0.5, 0.6) is 11.5 Å². The van der Waals surface area contributed by atoms with Crippen molar-refractivity contribution in [3.05, 3.63) is 23.8 Å². The minimum Gasteiger partial charge on any atom is -0.497 e. The van der Waals surface area contributed by atoms with Gasteiger partial charge in [0.05, 0.1) is 39.3 Å². The van der Waals surface area contributed by atoms with Gasteiger partial charge in [0.25, 0.3) is 0 Å². The molecule has 0 spiro atoms. The molecule has 0 aliphatic carbocycles. The molecule has 0 aromatic heterocycles. The molecule has 1 aromatic rings. The maximum Gasteiger partial charge on any atom is 0.329 e. The zero-order valence-corrected chi connectivity index (χ0v) is 16.9. The van der Waals surface area contributed by atoms with Gasteiger partial charge in [-0.1, -0.05) is 0 Å². The van der Waals surface area contributed by atoms with Crippen LogP contribution in [0.2, 0.25) is 0 Å². The van der Waals surface area contributed by atoms with Crippen LogP contribution in [0.1, 0.15) is 25.5 Å². The first kappa shape index (κ1) is 21.1. The fourth-order valence-electron chi connectivity index (χ4n) is 4.38. The predicted octanol–water partition coefficient (Wildman–Crippen LogP) is 0.263. The van der Waals surface area contributed by atoms with Gasteiger partial charge >= 0.3 is 5.97 Å². The van der Waals surface area contributed by atoms with Crippen LogP contribution in [0.15, 0.2) is 18.2 Å². The Bertz CT molecular complexity index is 827. The number of methoxy groups -OCH3 is 2. The molecule has 9 heteroatoms. The summed E-state index contributed by atoms with van der Waals surface area (Å²) in [4.78, 5) is 40.2. The molecular formula is C20H26N2O7. The van der Waals surface area contributed by atoms with Crippen LogP contribution in [0.3, 0.4) is 0 Å². The van der Waals surface area contributed by atoms with Gasteiger partial charge in [-0.2, -0.15) is 0 Å². The number of fused-ring (bicyclic) bond motifs is 1. The van der Waals surface area contributed by atoms with Crippen molar-refractivity contribution in [3.8, 4) is 11.5 Å². The van der Waals surface area contributed by atoms with E-state index in [1.165, 1.54) is 14.2 Å². The standard InChI is InChI=1S/C20H26N2O7/c1-5-22-17(24)14-15(18(22)25)20(10-23,19(26)29-6-2)21-16(14)12-9-11(27-3)7-8-13(12)28-4/h7-9,14-16,21,23H,5-6,10H2,1-4H3/t14-,15-,16-,20-/m1/s1. The van der Waals surface area contributed by atoms with E-state index < -0.39 is 47.8 Å². The average molecular weight is 406 g/mol. The van der Waals surface area contributed by atoms with Crippen molar-refractivity contribution in [2.24, 2.45) is 11.8 Å². The number of esters is 1. The molecule has 0 radical (unpaired) electrons. The van der Waals surface area contributed by atoms with Gasteiger partial charge in [0.2, 0.25) is 11.8 Å². The lowest BCUT2D eigenvalue weighted by Gasteiger charge is -2.31. The molecule has 9 nitrogen and oxygen atoms in total. The topological polar surface area (TPSA) is 114 Å². The Hall–Kier alpha value is -2.65. The summed E-state index contributed by atoms with van der Waals surface area (Å²) < 4.78 is 15.9. The van der Waals surface area contributed by atoms with Crippen molar-refractivity contribution in [2.75, 3.05) is 34.0 Å². The van der Waals surface area contributed by atoms with E-state index in [1.807, 2.05) is 0 Å². The summed E-state index contributed by atoms with van der Waals surface area (Å²) in [6.07, 6.45) is 0. The van der Waals surface area contributed by atoms with E-state index in [-0.39, 0.29) is 13.2 Å². The van der Waals surface area contributed by atoms with Crippen LogP contribution >= 0.6 is 0 Å². The van der Waals surface area contributed by atoms with E-state index in [2.05, 4.69) is 5.32 Å². The molecule has 2 saturated heterocycles. The summed E-state index contributed by atoms with van der Waals surface area (Å²) in [6.45, 7) is 2.89. The second-order valence-electron chi connectivity index (χ2n) is 7.00. The highest BCUT2D eigenvalue weighted by molar-refractivity contribution is 6.09. The Balaban J connectivity index is 2.18. The maximum atomic E-state index is 13.1. The van der Waals surface area contributed by atoms with Crippen molar-refractivity contribution < 1.29 is 33.7 Å². The molecule has 1 aromatic carbocycles. The van der Waals surface area contributed by atoms with Gasteiger partial charge in [-0.05, 0) is 32.0 Å². The number of aliphatic hydroxyl groups excluding tert-OH is 1. The molecule has 2 amide bonds. The molecule has 2 N–H and O–H groups in total. The van der Waals surface area contributed by atoms with Crippen LogP contribution in [0.4, 0.5) is 0 Å². The van der Waals surface area contributed by atoms with Crippen LogP contribution in [-0.2, 0) is 19.1 Å². The second kappa shape index (κ2) is 8.00. The van der Waals surface area contributed by atoms with E-state index in [4.69, 9.17) is 14.2 Å². The van der Waals surface area contributed by atoms with Crippen molar-refractivity contribution in [3.63, 3.8) is 0 Å². The Morgan fingerprint density at radius 3 is 2.48 bits per heavy atom. The number of nitrogens with zero attached hydrogens (tertiary/aromatic N) is 1. The third-order valence-corrected chi connectivity index (χ3v) is 5.72. The lowest BCUT2D eigenvalue weighted by atomic mass is 9.79. The third kappa shape index (κ3) is 3.05. The van der Waals surface area contributed by atoms with Crippen molar-refractivity contribution >= 4 is 17.8 Å². The number of benzene rings is 1. The number of imide groups is 1. The van der Waals surface area contributed by atoms with Crippen LogP contribution in [0, 0.1) is 11.8 Å². The zero-order chi connectivity index (χ0) is 21.3. The van der Waals surface area contributed by atoms with Crippen molar-refractivity contribution in [1.29, 1.82) is 0 Å². The van der Waals surface area contributed by atoms with Gasteiger partial charge in [0.1, 0.15) is 11.5 Å². The number of amides is 2. The monoisotopic (exact) mass is 406 g/mol. The van der Waals surface area contributed by atoms with E-state index >= 15 is 0 Å². The fourth-order valence-corrected chi connectivity index (χ4v) is 4.38. The van der Waals surface area contributed by atoms with E-state index in [0.717, 1.165) is 4.90 Å². The smallest absolute Gasteiger partial charge is 0.329 e. The first-order valence-electron chi connectivity index (χ1n) is 9.53. The molecular weight excluding hydrogens is 380 g/mol. The third-order valence-electron chi connectivity index (χ3n) is 5.72. The summed E-state index contributed by atoms with van der Waals surface area (Å²) >= 11 is 0. The SMILES string of the molecule is CCOC(=O)[C@]1(CO)N[C@H](c2cc(OC)ccc2OC)[C@@H]2C(=O)N(CC)C(=O)[C@@H]21. The molecule has 158 valence electrons. The summed E-state index contributed by atoms with van der Waals surface area (Å²) in [7, 11) is 3.00. The van der Waals surface area contributed by atoms with Crippen LogP contribution < -0.4 is 14.8 Å².